The Balaban J connectivity index is 1.08. The largest absolute Gasteiger partial charge is 0.485 e. The van der Waals surface area contributed by atoms with Crippen LogP contribution in [0.3, 0.4) is 0 Å². The van der Waals surface area contributed by atoms with Gasteiger partial charge in [0.2, 0.25) is 24.5 Å². The lowest BCUT2D eigenvalue weighted by molar-refractivity contribution is -0.745. The molecule has 57 heavy (non-hydrogen) atoms. The lowest BCUT2D eigenvalue weighted by atomic mass is 9.43. The number of aryl methyl sites for hydroxylation is 2. The number of benzene rings is 1. The molecule has 14 nitrogen and oxygen atoms in total. The minimum absolute atomic E-state index is 0.00293. The summed E-state index contributed by atoms with van der Waals surface area (Å²) < 4.78 is 36.8. The Morgan fingerprint density at radius 2 is 1.47 bits per heavy atom. The number of esters is 3. The summed E-state index contributed by atoms with van der Waals surface area (Å²) in [5, 5.41) is 9.12. The fourth-order valence-corrected chi connectivity index (χ4v) is 12.1. The highest BCUT2D eigenvalue weighted by molar-refractivity contribution is 5.69. The predicted octanol–water partition coefficient (Wildman–Crippen LogP) is 4.58. The fraction of sp³-hybridized carbons (Fsp3) is 0.698. The minimum atomic E-state index is -0.291. The number of rotatable bonds is 4. The zero-order valence-corrected chi connectivity index (χ0v) is 34.4. The summed E-state index contributed by atoms with van der Waals surface area (Å²) in [4.78, 5) is 39.6. The van der Waals surface area contributed by atoms with Crippen LogP contribution in [0.15, 0.2) is 36.7 Å². The van der Waals surface area contributed by atoms with Crippen molar-refractivity contribution in [3.8, 4) is 11.5 Å². The lowest BCUT2D eigenvalue weighted by Gasteiger charge is -2.62. The number of hydrogen-bond donors (Lipinski definition) is 0. The molecule has 4 saturated carbocycles. The van der Waals surface area contributed by atoms with E-state index in [0.717, 1.165) is 69.2 Å². The number of hydrogen-bond acceptors (Lipinski definition) is 10. The Morgan fingerprint density at radius 3 is 2.09 bits per heavy atom. The maximum atomic E-state index is 14.1. The van der Waals surface area contributed by atoms with Gasteiger partial charge in [-0.3, -0.25) is 4.79 Å². The summed E-state index contributed by atoms with van der Waals surface area (Å²) in [6, 6.07) is 7.39. The van der Waals surface area contributed by atoms with Crippen LogP contribution in [-0.2, 0) is 69.0 Å². The smallest absolute Gasteiger partial charge is 0.351 e. The lowest BCUT2D eigenvalue weighted by Crippen LogP contribution is -2.60. The quantitative estimate of drug-likeness (QED) is 0.210. The summed E-state index contributed by atoms with van der Waals surface area (Å²) in [5.74, 6) is 2.92. The molecular weight excluding hydrogens is 729 g/mol. The Labute approximate surface area is 335 Å². The first-order chi connectivity index (χ1) is 27.3. The van der Waals surface area contributed by atoms with Gasteiger partial charge in [-0.1, -0.05) is 20.8 Å². The van der Waals surface area contributed by atoms with Crippen molar-refractivity contribution >= 4 is 17.9 Å². The first-order valence-corrected chi connectivity index (χ1v) is 21.0. The van der Waals surface area contributed by atoms with E-state index < -0.39 is 0 Å². The normalized spacial score (nSPS) is 33.3. The standard InChI is InChI=1S/C43H60N6O8/c1-27(7-16-39(50)53-6)35-14-15-36-34-13-8-28-19-33-17-18-42(28,2)37(34)20-38(43(35,36)3)57-41(52)24-49-22-30(47(5)45-49)26-55-32-11-9-31(10-12-32)54-25-29-21-48(44-46(29)4)23-40(51)56-33/h9-12,21-22,27-28,33-38H,7-8,13-20,23-26H2,1-6H3/q+2/t27-,28-,33-,34+,35-,36+,37+,38+,42+,43-/m1/s1. The van der Waals surface area contributed by atoms with E-state index >= 15 is 0 Å². The number of fused-ring (bicyclic) bond motifs is 4. The molecule has 10 atom stereocenters. The Morgan fingerprint density at radius 1 is 0.860 bits per heavy atom. The molecule has 7 aliphatic rings. The van der Waals surface area contributed by atoms with E-state index in [0.29, 0.717) is 47.5 Å². The molecule has 1 aromatic carbocycles. The molecule has 0 N–H and O–H groups in total. The van der Waals surface area contributed by atoms with E-state index in [1.807, 2.05) is 50.8 Å². The van der Waals surface area contributed by atoms with Gasteiger partial charge in [0.15, 0.2) is 25.6 Å². The summed E-state index contributed by atoms with van der Waals surface area (Å²) in [5.41, 5.74) is 1.46. The van der Waals surface area contributed by atoms with E-state index in [-0.39, 0.29) is 73.2 Å². The van der Waals surface area contributed by atoms with Gasteiger partial charge in [0.25, 0.3) is 0 Å². The van der Waals surface area contributed by atoms with Gasteiger partial charge >= 0.3 is 17.9 Å². The van der Waals surface area contributed by atoms with Crippen molar-refractivity contribution < 1.29 is 47.4 Å². The third-order valence-electron chi connectivity index (χ3n) is 15.2. The number of carbonyl (C=O) groups is 3. The second kappa shape index (κ2) is 15.7. The van der Waals surface area contributed by atoms with Crippen LogP contribution in [0.5, 0.6) is 11.5 Å². The molecule has 14 heteroatoms. The van der Waals surface area contributed by atoms with Gasteiger partial charge in [-0.25, -0.2) is 9.59 Å². The molecule has 0 spiro atoms. The van der Waals surface area contributed by atoms with Crippen molar-refractivity contribution in [3.05, 3.63) is 48.0 Å². The predicted molar refractivity (Wildman–Crippen MR) is 203 cm³/mol. The van der Waals surface area contributed by atoms with E-state index in [4.69, 9.17) is 23.7 Å². The van der Waals surface area contributed by atoms with Crippen LogP contribution >= 0.6 is 0 Å². The monoisotopic (exact) mass is 788 g/mol. The summed E-state index contributed by atoms with van der Waals surface area (Å²) in [6.07, 6.45) is 12.2. The van der Waals surface area contributed by atoms with Crippen LogP contribution in [0.2, 0.25) is 0 Å². The van der Waals surface area contributed by atoms with Crippen molar-refractivity contribution in [1.82, 2.24) is 19.8 Å². The van der Waals surface area contributed by atoms with E-state index in [1.165, 1.54) is 7.11 Å². The first-order valence-electron chi connectivity index (χ1n) is 21.0. The molecule has 3 aromatic rings. The Hall–Kier alpha value is -4.49. The van der Waals surface area contributed by atoms with E-state index in [9.17, 15) is 14.4 Å². The third-order valence-corrected chi connectivity index (χ3v) is 15.2. The van der Waals surface area contributed by atoms with Crippen molar-refractivity contribution in [1.29, 1.82) is 0 Å². The van der Waals surface area contributed by atoms with Gasteiger partial charge in [0.1, 0.15) is 37.8 Å². The highest BCUT2D eigenvalue weighted by Crippen LogP contribution is 2.69. The molecule has 2 aromatic heterocycles. The molecule has 0 amide bonds. The first kappa shape index (κ1) is 39.3. The molecule has 0 saturated heterocycles. The molecular formula is C43H60N6O8+2. The molecule has 5 heterocycles. The van der Waals surface area contributed by atoms with E-state index in [1.54, 1.807) is 18.7 Å². The average molecular weight is 789 g/mol. The number of ether oxygens (including phenoxy) is 5. The highest BCUT2D eigenvalue weighted by atomic mass is 16.6. The maximum Gasteiger partial charge on any atom is 0.351 e. The van der Waals surface area contributed by atoms with Gasteiger partial charge < -0.3 is 23.7 Å². The van der Waals surface area contributed by atoms with Crippen LogP contribution in [0, 0.1) is 46.3 Å². The van der Waals surface area contributed by atoms with Crippen LogP contribution < -0.4 is 18.8 Å². The molecule has 0 radical (unpaired) electrons. The second-order valence-corrected chi connectivity index (χ2v) is 18.1. The topological polar surface area (TPSA) is 141 Å². The highest BCUT2D eigenvalue weighted by Gasteiger charge is 2.65. The summed E-state index contributed by atoms with van der Waals surface area (Å²) >= 11 is 0. The Kier molecular flexibility index (Phi) is 10.8. The van der Waals surface area contributed by atoms with Crippen molar-refractivity contribution in [3.63, 3.8) is 0 Å². The molecule has 3 aliphatic heterocycles. The maximum absolute atomic E-state index is 14.1. The van der Waals surface area contributed by atoms with Crippen molar-refractivity contribution in [2.45, 2.75) is 123 Å². The molecule has 0 unspecified atom stereocenters. The van der Waals surface area contributed by atoms with Crippen molar-refractivity contribution in [2.24, 2.45) is 60.4 Å². The molecule has 10 rings (SSSR count). The number of aromatic nitrogens is 6. The van der Waals surface area contributed by atoms with Gasteiger partial charge in [0, 0.05) is 11.8 Å². The SMILES string of the molecule is COC(=O)CC[C@@H](C)[C@H]1CC[C@H]2[C@@H]3CC[C@@H]4C[C@H]5CC[C@]4(C)[C@H]3C[C@H](OC(=O)C[n+]3cc(n(C)n3)COc3ccc(cc3)OCc3c[n+](nn3C)CC(=O)O5)[C@]12C. The summed E-state index contributed by atoms with van der Waals surface area (Å²) in [7, 11) is 5.14. The van der Waals surface area contributed by atoms with Gasteiger partial charge in [-0.2, -0.15) is 0 Å². The average Bonchev–Trinajstić information content (AvgIpc) is 3.85. The number of nitrogens with zero attached hydrogens (tertiary/aromatic N) is 6. The Bertz CT molecular complexity index is 1960. The number of methoxy groups -OCH3 is 1. The summed E-state index contributed by atoms with van der Waals surface area (Å²) in [6.45, 7) is 7.69. The van der Waals surface area contributed by atoms with Crippen LogP contribution in [-0.4, -0.2) is 57.0 Å². The van der Waals surface area contributed by atoms with Crippen molar-refractivity contribution in [2.75, 3.05) is 7.11 Å². The van der Waals surface area contributed by atoms with Crippen LogP contribution in [0.25, 0.3) is 0 Å². The zero-order chi connectivity index (χ0) is 40.1. The van der Waals surface area contributed by atoms with E-state index in [2.05, 4.69) is 31.2 Å². The molecule has 308 valence electrons. The molecule has 4 fully saturated rings. The van der Waals surface area contributed by atoms with Crippen LogP contribution in [0.1, 0.15) is 96.4 Å². The van der Waals surface area contributed by atoms with Gasteiger partial charge in [-0.15, -0.1) is 18.7 Å². The van der Waals surface area contributed by atoms with Crippen LogP contribution in [0.4, 0.5) is 0 Å². The minimum Gasteiger partial charge on any atom is -0.485 e. The number of carbonyl (C=O) groups excluding carboxylic acids is 3. The second-order valence-electron chi connectivity index (χ2n) is 18.1. The van der Waals surface area contributed by atoms with Gasteiger partial charge in [0.05, 0.1) is 17.5 Å². The van der Waals surface area contributed by atoms with Gasteiger partial charge in [-0.05, 0) is 123 Å². The fourth-order valence-electron chi connectivity index (χ4n) is 12.1. The molecule has 11 bridgehead atoms. The molecule has 4 aliphatic carbocycles. The third kappa shape index (κ3) is 7.65. The zero-order valence-electron chi connectivity index (χ0n) is 34.4.